The maximum Gasteiger partial charge on any atom is 0.151 e. The fraction of sp³-hybridized carbons (Fsp3) is 0.600. The summed E-state index contributed by atoms with van der Waals surface area (Å²) in [6.07, 6.45) is 6.23. The standard InChI is InChI=1S/C20H27ClN4O.ClH/c1-3-13(2)26-17-7-4-14(5-8-17)20-24-23-19-12-22-11-15-10-16(21)6-9-18(15)25(19)20;/h6,9-10,13-14,17,22H,3-5,7-8,11-12H2,1-2H3;1H. The summed E-state index contributed by atoms with van der Waals surface area (Å²) in [5, 5.41) is 13.3. The number of aromatic nitrogens is 3. The highest BCUT2D eigenvalue weighted by Gasteiger charge is 2.30. The molecule has 2 heterocycles. The number of fused-ring (bicyclic) bond motifs is 3. The first-order chi connectivity index (χ1) is 12.7. The lowest BCUT2D eigenvalue weighted by Gasteiger charge is -2.30. The molecule has 1 aliphatic carbocycles. The molecule has 1 aromatic heterocycles. The maximum absolute atomic E-state index is 6.21. The second-order valence-corrected chi connectivity index (χ2v) is 7.95. The van der Waals surface area contributed by atoms with Crippen LogP contribution in [0.15, 0.2) is 18.2 Å². The Morgan fingerprint density at radius 1 is 1.22 bits per heavy atom. The minimum atomic E-state index is 0. The van der Waals surface area contributed by atoms with Gasteiger partial charge in [0.15, 0.2) is 5.82 Å². The fourth-order valence-corrected chi connectivity index (χ4v) is 4.27. The summed E-state index contributed by atoms with van der Waals surface area (Å²) >= 11 is 6.21. The van der Waals surface area contributed by atoms with E-state index < -0.39 is 0 Å². The van der Waals surface area contributed by atoms with Crippen LogP contribution in [0.5, 0.6) is 0 Å². The summed E-state index contributed by atoms with van der Waals surface area (Å²) in [7, 11) is 0. The van der Waals surface area contributed by atoms with Gasteiger partial charge in [-0.1, -0.05) is 18.5 Å². The Labute approximate surface area is 172 Å². The van der Waals surface area contributed by atoms with Crippen LogP contribution in [0, 0.1) is 0 Å². The number of hydrogen-bond donors (Lipinski definition) is 1. The first kappa shape index (κ1) is 20.6. The van der Waals surface area contributed by atoms with Gasteiger partial charge in [-0.3, -0.25) is 4.57 Å². The molecule has 1 saturated carbocycles. The molecule has 4 rings (SSSR count). The van der Waals surface area contributed by atoms with E-state index in [1.807, 2.05) is 12.1 Å². The molecule has 1 unspecified atom stereocenters. The second-order valence-electron chi connectivity index (χ2n) is 7.52. The number of rotatable bonds is 4. The molecular weight excluding hydrogens is 383 g/mol. The van der Waals surface area contributed by atoms with Crippen LogP contribution in [0.3, 0.4) is 0 Å². The molecule has 148 valence electrons. The summed E-state index contributed by atoms with van der Waals surface area (Å²) < 4.78 is 8.40. The number of halogens is 2. The van der Waals surface area contributed by atoms with Crippen LogP contribution in [0.25, 0.3) is 5.69 Å². The summed E-state index contributed by atoms with van der Waals surface area (Å²) in [6, 6.07) is 6.09. The van der Waals surface area contributed by atoms with Crippen LogP contribution in [0.2, 0.25) is 5.02 Å². The van der Waals surface area contributed by atoms with E-state index in [1.165, 1.54) is 5.56 Å². The number of benzene rings is 1. The molecule has 27 heavy (non-hydrogen) atoms. The third-order valence-corrected chi connectivity index (χ3v) is 5.91. The summed E-state index contributed by atoms with van der Waals surface area (Å²) in [6.45, 7) is 5.87. The molecule has 1 fully saturated rings. The minimum Gasteiger partial charge on any atom is -0.375 e. The van der Waals surface area contributed by atoms with E-state index in [1.54, 1.807) is 0 Å². The number of ether oxygens (including phenoxy) is 1. The normalized spacial score (nSPS) is 22.9. The van der Waals surface area contributed by atoms with Crippen LogP contribution < -0.4 is 5.32 Å². The van der Waals surface area contributed by atoms with Crippen LogP contribution in [-0.2, 0) is 17.8 Å². The minimum absolute atomic E-state index is 0. The van der Waals surface area contributed by atoms with Crippen molar-refractivity contribution in [2.24, 2.45) is 0 Å². The lowest BCUT2D eigenvalue weighted by atomic mass is 9.86. The largest absolute Gasteiger partial charge is 0.375 e. The Hall–Kier alpha value is -1.14. The van der Waals surface area contributed by atoms with Gasteiger partial charge in [0, 0.05) is 17.5 Å². The van der Waals surface area contributed by atoms with Gasteiger partial charge in [-0.25, -0.2) is 0 Å². The zero-order valence-electron chi connectivity index (χ0n) is 15.9. The van der Waals surface area contributed by atoms with Gasteiger partial charge in [0.2, 0.25) is 0 Å². The quantitative estimate of drug-likeness (QED) is 0.786. The summed E-state index contributed by atoms with van der Waals surface area (Å²) in [4.78, 5) is 0. The van der Waals surface area contributed by atoms with E-state index in [2.05, 4.69) is 40.0 Å². The van der Waals surface area contributed by atoms with E-state index in [0.717, 1.165) is 67.6 Å². The Kier molecular flexibility index (Phi) is 6.79. The van der Waals surface area contributed by atoms with Crippen LogP contribution in [0.4, 0.5) is 0 Å². The van der Waals surface area contributed by atoms with E-state index in [0.29, 0.717) is 18.1 Å². The van der Waals surface area contributed by atoms with Crippen molar-refractivity contribution in [3.63, 3.8) is 0 Å². The molecule has 0 saturated heterocycles. The molecule has 1 aromatic carbocycles. The molecule has 7 heteroatoms. The molecule has 1 atom stereocenters. The molecule has 5 nitrogen and oxygen atoms in total. The Balaban J connectivity index is 0.00000210. The van der Waals surface area contributed by atoms with E-state index in [-0.39, 0.29) is 12.4 Å². The van der Waals surface area contributed by atoms with E-state index >= 15 is 0 Å². The molecule has 0 bridgehead atoms. The van der Waals surface area contributed by atoms with Gasteiger partial charge in [0.1, 0.15) is 5.82 Å². The average molecular weight is 411 g/mol. The van der Waals surface area contributed by atoms with Crippen molar-refractivity contribution < 1.29 is 4.74 Å². The number of nitrogens with zero attached hydrogens (tertiary/aromatic N) is 3. The first-order valence-electron chi connectivity index (χ1n) is 9.75. The third kappa shape index (κ3) is 4.32. The Bertz CT molecular complexity index is 771. The van der Waals surface area contributed by atoms with Gasteiger partial charge in [0.25, 0.3) is 0 Å². The van der Waals surface area contributed by atoms with Gasteiger partial charge >= 0.3 is 0 Å². The first-order valence-corrected chi connectivity index (χ1v) is 10.1. The Morgan fingerprint density at radius 3 is 2.74 bits per heavy atom. The summed E-state index contributed by atoms with van der Waals surface area (Å²) in [5.74, 6) is 2.52. The average Bonchev–Trinajstić information content (AvgIpc) is 2.98. The van der Waals surface area contributed by atoms with Gasteiger partial charge in [-0.2, -0.15) is 0 Å². The number of nitrogens with one attached hydrogen (secondary N) is 1. The molecular formula is C20H28Cl2N4O. The highest BCUT2D eigenvalue weighted by Crippen LogP contribution is 2.36. The van der Waals surface area contributed by atoms with Gasteiger partial charge in [-0.05, 0) is 62.8 Å². The number of hydrogen-bond acceptors (Lipinski definition) is 4. The van der Waals surface area contributed by atoms with E-state index in [4.69, 9.17) is 16.3 Å². The smallest absolute Gasteiger partial charge is 0.151 e. The van der Waals surface area contributed by atoms with Crippen LogP contribution >= 0.6 is 24.0 Å². The monoisotopic (exact) mass is 410 g/mol. The van der Waals surface area contributed by atoms with Gasteiger partial charge in [0.05, 0.1) is 24.4 Å². The van der Waals surface area contributed by atoms with Crippen LogP contribution in [0.1, 0.15) is 69.1 Å². The predicted octanol–water partition coefficient (Wildman–Crippen LogP) is 4.79. The van der Waals surface area contributed by atoms with Crippen molar-refractivity contribution in [1.82, 2.24) is 20.1 Å². The Morgan fingerprint density at radius 2 is 2.00 bits per heavy atom. The van der Waals surface area contributed by atoms with Crippen molar-refractivity contribution in [3.05, 3.63) is 40.4 Å². The SMILES string of the molecule is CCC(C)OC1CCC(c2nnc3n2-c2ccc(Cl)cc2CNC3)CC1.Cl. The molecule has 1 N–H and O–H groups in total. The zero-order valence-corrected chi connectivity index (χ0v) is 17.5. The van der Waals surface area contributed by atoms with Gasteiger partial charge < -0.3 is 10.1 Å². The lowest BCUT2D eigenvalue weighted by Crippen LogP contribution is -2.25. The zero-order chi connectivity index (χ0) is 18.1. The van der Waals surface area contributed by atoms with Crippen LogP contribution in [-0.4, -0.2) is 27.0 Å². The molecule has 1 aliphatic heterocycles. The maximum atomic E-state index is 6.21. The fourth-order valence-electron chi connectivity index (χ4n) is 4.08. The molecule has 2 aromatic rings. The van der Waals surface area contributed by atoms with Gasteiger partial charge in [-0.15, -0.1) is 22.6 Å². The van der Waals surface area contributed by atoms with Crippen molar-refractivity contribution in [1.29, 1.82) is 0 Å². The lowest BCUT2D eigenvalue weighted by molar-refractivity contribution is -0.0251. The molecule has 0 spiro atoms. The predicted molar refractivity (Wildman–Crippen MR) is 110 cm³/mol. The third-order valence-electron chi connectivity index (χ3n) is 5.68. The molecule has 0 amide bonds. The van der Waals surface area contributed by atoms with Crippen molar-refractivity contribution >= 4 is 24.0 Å². The van der Waals surface area contributed by atoms with E-state index in [9.17, 15) is 0 Å². The highest BCUT2D eigenvalue weighted by molar-refractivity contribution is 6.30. The molecule has 0 radical (unpaired) electrons. The highest BCUT2D eigenvalue weighted by atomic mass is 35.5. The summed E-state index contributed by atoms with van der Waals surface area (Å²) in [5.41, 5.74) is 2.36. The topological polar surface area (TPSA) is 52.0 Å². The van der Waals surface area contributed by atoms with Crippen molar-refractivity contribution in [2.75, 3.05) is 0 Å². The second kappa shape index (κ2) is 8.91. The van der Waals surface area contributed by atoms with Crippen molar-refractivity contribution in [3.8, 4) is 5.69 Å². The van der Waals surface area contributed by atoms with Crippen molar-refractivity contribution in [2.45, 2.75) is 77.2 Å². The molecule has 2 aliphatic rings.